The maximum Gasteiger partial charge on any atom is 0.147 e. The molecule has 4 heteroatoms. The number of rotatable bonds is 4. The van der Waals surface area contributed by atoms with Gasteiger partial charge in [0.05, 0.1) is 15.6 Å². The Balaban J connectivity index is 1.81. The summed E-state index contributed by atoms with van der Waals surface area (Å²) in [7, 11) is 0. The molecule has 0 bridgehead atoms. The van der Waals surface area contributed by atoms with E-state index in [0.717, 1.165) is 40.2 Å². The Labute approximate surface area is 119 Å². The van der Waals surface area contributed by atoms with E-state index < -0.39 is 0 Å². The van der Waals surface area contributed by atoms with Crippen LogP contribution >= 0.6 is 31.9 Å². The molecule has 0 aliphatic carbocycles. The minimum absolute atomic E-state index is 0.769. The highest BCUT2D eigenvalue weighted by Crippen LogP contribution is 2.33. The molecule has 0 saturated carbocycles. The number of hydrogen-bond acceptors (Lipinski definition) is 2. The Kier molecular flexibility index (Phi) is 5.32. The number of piperidine rings is 1. The van der Waals surface area contributed by atoms with Crippen LogP contribution in [0.2, 0.25) is 0 Å². The smallest absolute Gasteiger partial charge is 0.147 e. The van der Waals surface area contributed by atoms with Crippen LogP contribution in [0.4, 0.5) is 0 Å². The zero-order valence-corrected chi connectivity index (χ0v) is 12.9. The molecule has 1 saturated heterocycles. The zero-order valence-electron chi connectivity index (χ0n) is 9.72. The van der Waals surface area contributed by atoms with Gasteiger partial charge in [0.1, 0.15) is 5.75 Å². The van der Waals surface area contributed by atoms with Gasteiger partial charge in [0.25, 0.3) is 0 Å². The summed E-state index contributed by atoms with van der Waals surface area (Å²) in [5, 5.41) is 3.43. The van der Waals surface area contributed by atoms with E-state index in [1.165, 1.54) is 19.4 Å². The molecule has 2 rings (SSSR count). The highest BCUT2D eigenvalue weighted by Gasteiger charge is 2.13. The third-order valence-corrected chi connectivity index (χ3v) is 4.34. The van der Waals surface area contributed by atoms with Crippen molar-refractivity contribution < 1.29 is 4.74 Å². The van der Waals surface area contributed by atoms with Crippen molar-refractivity contribution in [1.82, 2.24) is 5.32 Å². The molecule has 0 aromatic heterocycles. The van der Waals surface area contributed by atoms with Crippen LogP contribution in [-0.4, -0.2) is 19.7 Å². The van der Waals surface area contributed by atoms with E-state index in [1.807, 2.05) is 18.2 Å². The summed E-state index contributed by atoms with van der Waals surface area (Å²) in [6.45, 7) is 3.10. The van der Waals surface area contributed by atoms with Gasteiger partial charge in [-0.05, 0) is 82.3 Å². The number of halogens is 2. The predicted octanol–water partition coefficient (Wildman–Crippen LogP) is 3.98. The summed E-state index contributed by atoms with van der Waals surface area (Å²) in [5.41, 5.74) is 0. The van der Waals surface area contributed by atoms with Crippen LogP contribution in [0, 0.1) is 5.92 Å². The van der Waals surface area contributed by atoms with Crippen molar-refractivity contribution >= 4 is 31.9 Å². The van der Waals surface area contributed by atoms with Crippen LogP contribution in [0.3, 0.4) is 0 Å². The summed E-state index contributed by atoms with van der Waals surface area (Å²) in [6, 6.07) is 6.00. The van der Waals surface area contributed by atoms with Crippen molar-refractivity contribution in [2.45, 2.75) is 19.3 Å². The predicted molar refractivity (Wildman–Crippen MR) is 77.5 cm³/mol. The third-order valence-electron chi connectivity index (χ3n) is 3.09. The number of nitrogens with one attached hydrogen (secondary N) is 1. The number of hydrogen-bond donors (Lipinski definition) is 1. The van der Waals surface area contributed by atoms with Crippen molar-refractivity contribution in [2.75, 3.05) is 19.7 Å². The summed E-state index contributed by atoms with van der Waals surface area (Å²) < 4.78 is 7.86. The fourth-order valence-electron chi connectivity index (χ4n) is 2.12. The molecule has 1 heterocycles. The summed E-state index contributed by atoms with van der Waals surface area (Å²) in [6.07, 6.45) is 3.75. The van der Waals surface area contributed by atoms with Crippen molar-refractivity contribution in [1.29, 1.82) is 0 Å². The SMILES string of the molecule is Brc1cccc(Br)c1OCCC1CCCNC1. The lowest BCUT2D eigenvalue weighted by molar-refractivity contribution is 0.252. The first-order chi connectivity index (χ1) is 8.27. The van der Waals surface area contributed by atoms with Gasteiger partial charge in [0.15, 0.2) is 0 Å². The van der Waals surface area contributed by atoms with Crippen LogP contribution < -0.4 is 10.1 Å². The van der Waals surface area contributed by atoms with Crippen LogP contribution in [0.1, 0.15) is 19.3 Å². The van der Waals surface area contributed by atoms with E-state index in [4.69, 9.17) is 4.74 Å². The second kappa shape index (κ2) is 6.76. The van der Waals surface area contributed by atoms with E-state index in [9.17, 15) is 0 Å². The molecule has 17 heavy (non-hydrogen) atoms. The van der Waals surface area contributed by atoms with Crippen molar-refractivity contribution in [3.63, 3.8) is 0 Å². The van der Waals surface area contributed by atoms with E-state index in [2.05, 4.69) is 37.2 Å². The standard InChI is InChI=1S/C13H17Br2NO/c14-11-4-1-5-12(15)13(11)17-8-6-10-3-2-7-16-9-10/h1,4-5,10,16H,2-3,6-9H2. The fraction of sp³-hybridized carbons (Fsp3) is 0.538. The monoisotopic (exact) mass is 361 g/mol. The van der Waals surface area contributed by atoms with Gasteiger partial charge in [-0.15, -0.1) is 0 Å². The average Bonchev–Trinajstić information content (AvgIpc) is 2.34. The normalized spacial score (nSPS) is 20.2. The van der Waals surface area contributed by atoms with Crippen LogP contribution in [0.5, 0.6) is 5.75 Å². The summed E-state index contributed by atoms with van der Waals surface area (Å²) >= 11 is 7.01. The van der Waals surface area contributed by atoms with Gasteiger partial charge >= 0.3 is 0 Å². The van der Waals surface area contributed by atoms with E-state index >= 15 is 0 Å². The van der Waals surface area contributed by atoms with Gasteiger partial charge in [0, 0.05) is 0 Å². The lowest BCUT2D eigenvalue weighted by Crippen LogP contribution is -2.30. The lowest BCUT2D eigenvalue weighted by atomic mass is 9.97. The highest BCUT2D eigenvalue weighted by molar-refractivity contribution is 9.11. The number of benzene rings is 1. The van der Waals surface area contributed by atoms with Crippen LogP contribution in [0.25, 0.3) is 0 Å². The van der Waals surface area contributed by atoms with Gasteiger partial charge in [-0.25, -0.2) is 0 Å². The molecule has 0 spiro atoms. The van der Waals surface area contributed by atoms with Gasteiger partial charge in [-0.1, -0.05) is 6.07 Å². The fourth-order valence-corrected chi connectivity index (χ4v) is 3.35. The Bertz CT molecular complexity index is 344. The largest absolute Gasteiger partial charge is 0.491 e. The highest BCUT2D eigenvalue weighted by atomic mass is 79.9. The Morgan fingerprint density at radius 3 is 2.71 bits per heavy atom. The molecule has 2 nitrogen and oxygen atoms in total. The first kappa shape index (κ1) is 13.4. The number of para-hydroxylation sites is 1. The minimum atomic E-state index is 0.769. The van der Waals surface area contributed by atoms with Crippen LogP contribution in [-0.2, 0) is 0 Å². The Morgan fingerprint density at radius 1 is 1.29 bits per heavy atom. The molecule has 0 radical (unpaired) electrons. The summed E-state index contributed by atoms with van der Waals surface area (Å²) in [4.78, 5) is 0. The molecule has 1 fully saturated rings. The van der Waals surface area contributed by atoms with E-state index in [-0.39, 0.29) is 0 Å². The second-order valence-electron chi connectivity index (χ2n) is 4.40. The minimum Gasteiger partial charge on any atom is -0.491 e. The molecule has 1 aliphatic rings. The molecule has 1 unspecified atom stereocenters. The Morgan fingerprint density at radius 2 is 2.06 bits per heavy atom. The molecule has 0 amide bonds. The maximum absolute atomic E-state index is 5.85. The quantitative estimate of drug-likeness (QED) is 0.874. The third kappa shape index (κ3) is 3.97. The molecular weight excluding hydrogens is 346 g/mol. The molecule has 1 atom stereocenters. The van der Waals surface area contributed by atoms with E-state index in [1.54, 1.807) is 0 Å². The van der Waals surface area contributed by atoms with E-state index in [0.29, 0.717) is 0 Å². The van der Waals surface area contributed by atoms with Crippen molar-refractivity contribution in [3.8, 4) is 5.75 Å². The Hall–Kier alpha value is -0.0600. The van der Waals surface area contributed by atoms with Gasteiger partial charge in [-0.2, -0.15) is 0 Å². The molecule has 1 aromatic rings. The second-order valence-corrected chi connectivity index (χ2v) is 6.11. The lowest BCUT2D eigenvalue weighted by Gasteiger charge is -2.22. The first-order valence-corrected chi connectivity index (χ1v) is 7.63. The topological polar surface area (TPSA) is 21.3 Å². The van der Waals surface area contributed by atoms with Gasteiger partial charge in [-0.3, -0.25) is 0 Å². The van der Waals surface area contributed by atoms with Crippen molar-refractivity contribution in [3.05, 3.63) is 27.1 Å². The molecular formula is C13H17Br2NO. The molecule has 1 aromatic carbocycles. The summed E-state index contributed by atoms with van der Waals surface area (Å²) in [5.74, 6) is 1.68. The van der Waals surface area contributed by atoms with Gasteiger partial charge in [0.2, 0.25) is 0 Å². The molecule has 94 valence electrons. The van der Waals surface area contributed by atoms with Crippen molar-refractivity contribution in [2.24, 2.45) is 5.92 Å². The zero-order chi connectivity index (χ0) is 12.1. The first-order valence-electron chi connectivity index (χ1n) is 6.05. The molecule has 1 N–H and O–H groups in total. The maximum atomic E-state index is 5.85. The molecule has 1 aliphatic heterocycles. The van der Waals surface area contributed by atoms with Gasteiger partial charge < -0.3 is 10.1 Å². The average molecular weight is 363 g/mol. The van der Waals surface area contributed by atoms with Crippen LogP contribution in [0.15, 0.2) is 27.1 Å². The number of ether oxygens (including phenoxy) is 1.